The molecule has 3 aromatic carbocycles. The van der Waals surface area contributed by atoms with Gasteiger partial charge < -0.3 is 24.2 Å². The van der Waals surface area contributed by atoms with E-state index in [1.807, 2.05) is 19.9 Å². The Bertz CT molecular complexity index is 1350. The van der Waals surface area contributed by atoms with Crippen LogP contribution >= 0.6 is 0 Å². The minimum atomic E-state index is -4.40. The topological polar surface area (TPSA) is 85.3 Å². The summed E-state index contributed by atoms with van der Waals surface area (Å²) in [4.78, 5) is 25.5. The second-order valence-corrected chi connectivity index (χ2v) is 9.45. The average Bonchev–Trinajstić information content (AvgIpc) is 3.15. The second-order valence-electron chi connectivity index (χ2n) is 9.45. The van der Waals surface area contributed by atoms with Gasteiger partial charge in [0.05, 0.1) is 12.7 Å². The third kappa shape index (κ3) is 5.69. The molecule has 1 aliphatic heterocycles. The number of benzene rings is 3. The molecule has 38 heavy (non-hydrogen) atoms. The van der Waals surface area contributed by atoms with Gasteiger partial charge in [0.2, 0.25) is 0 Å². The molecule has 1 amide bonds. The minimum absolute atomic E-state index is 0.229. The fourth-order valence-electron chi connectivity index (χ4n) is 4.35. The lowest BCUT2D eigenvalue weighted by atomic mass is 9.85. The van der Waals surface area contributed by atoms with Crippen LogP contribution in [0.2, 0.25) is 0 Å². The van der Waals surface area contributed by atoms with Crippen LogP contribution in [0.3, 0.4) is 0 Å². The van der Waals surface area contributed by atoms with Gasteiger partial charge in [-0.25, -0.2) is 4.79 Å². The Kier molecular flexibility index (Phi) is 7.26. The SMILES string of the molecule is COc1cc(OCC(=O)N2CC(C)(C)c3cc(-c4ccc(C(F)(F)F)cc4)ccc32)ccc1OCC(=O)O. The largest absolute Gasteiger partial charge is 0.493 e. The molecule has 0 saturated carbocycles. The summed E-state index contributed by atoms with van der Waals surface area (Å²) in [7, 11) is 1.40. The zero-order chi connectivity index (χ0) is 27.7. The maximum atomic E-state index is 13.1. The Hall–Kier alpha value is -4.21. The number of hydrogen-bond donors (Lipinski definition) is 1. The number of methoxy groups -OCH3 is 1. The Balaban J connectivity index is 1.49. The van der Waals surface area contributed by atoms with Crippen LogP contribution < -0.4 is 19.1 Å². The van der Waals surface area contributed by atoms with Crippen LogP contribution in [-0.2, 0) is 21.2 Å². The Morgan fingerprint density at radius 2 is 1.61 bits per heavy atom. The van der Waals surface area contributed by atoms with E-state index in [1.54, 1.807) is 23.1 Å². The first kappa shape index (κ1) is 26.8. The van der Waals surface area contributed by atoms with Crippen LogP contribution in [0.15, 0.2) is 60.7 Å². The summed E-state index contributed by atoms with van der Waals surface area (Å²) in [5.74, 6) is -0.566. The summed E-state index contributed by atoms with van der Waals surface area (Å²) in [6, 6.07) is 15.0. The summed E-state index contributed by atoms with van der Waals surface area (Å²) in [5.41, 5.74) is 1.93. The molecule has 0 bridgehead atoms. The van der Waals surface area contributed by atoms with E-state index in [9.17, 15) is 22.8 Å². The monoisotopic (exact) mass is 529 g/mol. The lowest BCUT2D eigenvalue weighted by molar-refractivity contribution is -0.139. The van der Waals surface area contributed by atoms with E-state index in [0.717, 1.165) is 23.3 Å². The molecule has 0 atom stereocenters. The second kappa shape index (κ2) is 10.3. The quantitative estimate of drug-likeness (QED) is 0.412. The Morgan fingerprint density at radius 3 is 2.24 bits per heavy atom. The number of fused-ring (bicyclic) bond motifs is 1. The average molecular weight is 530 g/mol. The lowest BCUT2D eigenvalue weighted by Gasteiger charge is -2.21. The first-order chi connectivity index (χ1) is 17.9. The van der Waals surface area contributed by atoms with Crippen molar-refractivity contribution in [2.45, 2.75) is 25.4 Å². The van der Waals surface area contributed by atoms with Crippen LogP contribution in [0.25, 0.3) is 11.1 Å². The number of carbonyl (C=O) groups excluding carboxylic acids is 1. The molecule has 200 valence electrons. The molecule has 0 fully saturated rings. The van der Waals surface area contributed by atoms with Crippen molar-refractivity contribution in [3.05, 3.63) is 71.8 Å². The van der Waals surface area contributed by atoms with Gasteiger partial charge in [0.15, 0.2) is 24.7 Å². The van der Waals surface area contributed by atoms with Gasteiger partial charge >= 0.3 is 12.1 Å². The highest BCUT2D eigenvalue weighted by atomic mass is 19.4. The zero-order valence-corrected chi connectivity index (χ0v) is 21.0. The standard InChI is InChI=1S/C28H26F3NO6/c1-27(2)16-32(25(33)14-37-20-9-11-23(24(13-20)36-3)38-15-26(34)35)22-10-6-18(12-21(22)27)17-4-7-19(8-5-17)28(29,30)31/h4-13H,14-16H2,1-3H3,(H,34,35). The molecular formula is C28H26F3NO6. The zero-order valence-electron chi connectivity index (χ0n) is 21.0. The van der Waals surface area contributed by atoms with Crippen molar-refractivity contribution >= 4 is 17.6 Å². The molecule has 3 aromatic rings. The van der Waals surface area contributed by atoms with Crippen molar-refractivity contribution in [2.75, 3.05) is 31.8 Å². The number of hydrogen-bond acceptors (Lipinski definition) is 5. The molecule has 1 N–H and O–H groups in total. The van der Waals surface area contributed by atoms with Crippen LogP contribution in [0.5, 0.6) is 17.2 Å². The van der Waals surface area contributed by atoms with Crippen molar-refractivity contribution < 1.29 is 42.1 Å². The molecule has 4 rings (SSSR count). The number of ether oxygens (including phenoxy) is 3. The number of aliphatic carboxylic acids is 1. The number of rotatable bonds is 8. The van der Waals surface area contributed by atoms with Crippen molar-refractivity contribution in [3.63, 3.8) is 0 Å². The highest BCUT2D eigenvalue weighted by Crippen LogP contribution is 2.43. The summed E-state index contributed by atoms with van der Waals surface area (Å²) in [6.45, 7) is 3.62. The van der Waals surface area contributed by atoms with E-state index >= 15 is 0 Å². The number of carboxylic acid groups (broad SMARTS) is 1. The number of nitrogens with zero attached hydrogens (tertiary/aromatic N) is 1. The maximum absolute atomic E-state index is 13.1. The van der Waals surface area contributed by atoms with Crippen LogP contribution in [-0.4, -0.2) is 43.9 Å². The number of halogens is 3. The predicted octanol–water partition coefficient (Wildman–Crippen LogP) is 5.55. The van der Waals surface area contributed by atoms with E-state index < -0.39 is 24.3 Å². The van der Waals surface area contributed by atoms with Crippen molar-refractivity contribution in [3.8, 4) is 28.4 Å². The number of alkyl halides is 3. The molecule has 10 heteroatoms. The summed E-state index contributed by atoms with van der Waals surface area (Å²) in [6.07, 6.45) is -4.40. The Labute approximate surface area is 217 Å². The highest BCUT2D eigenvalue weighted by Gasteiger charge is 2.38. The van der Waals surface area contributed by atoms with Gasteiger partial charge in [0, 0.05) is 23.7 Å². The van der Waals surface area contributed by atoms with Gasteiger partial charge in [-0.15, -0.1) is 0 Å². The van der Waals surface area contributed by atoms with Crippen molar-refractivity contribution in [1.82, 2.24) is 0 Å². The highest BCUT2D eigenvalue weighted by molar-refractivity contribution is 5.97. The molecule has 7 nitrogen and oxygen atoms in total. The van der Waals surface area contributed by atoms with E-state index in [1.165, 1.54) is 31.4 Å². The smallest absolute Gasteiger partial charge is 0.416 e. The maximum Gasteiger partial charge on any atom is 0.416 e. The van der Waals surface area contributed by atoms with Crippen molar-refractivity contribution in [1.29, 1.82) is 0 Å². The molecule has 1 aliphatic rings. The fraction of sp³-hybridized carbons (Fsp3) is 0.286. The minimum Gasteiger partial charge on any atom is -0.493 e. The van der Waals surface area contributed by atoms with Gasteiger partial charge in [-0.1, -0.05) is 32.0 Å². The number of amides is 1. The van der Waals surface area contributed by atoms with E-state index in [4.69, 9.17) is 19.3 Å². The summed E-state index contributed by atoms with van der Waals surface area (Å²) < 4.78 is 54.9. The van der Waals surface area contributed by atoms with Crippen molar-refractivity contribution in [2.24, 2.45) is 0 Å². The Morgan fingerprint density at radius 1 is 0.921 bits per heavy atom. The lowest BCUT2D eigenvalue weighted by Crippen LogP contribution is -2.37. The van der Waals surface area contributed by atoms with E-state index in [2.05, 4.69) is 0 Å². The molecule has 0 saturated heterocycles. The fourth-order valence-corrected chi connectivity index (χ4v) is 4.35. The predicted molar refractivity (Wildman–Crippen MR) is 134 cm³/mol. The van der Waals surface area contributed by atoms with Crippen LogP contribution in [0, 0.1) is 0 Å². The third-order valence-electron chi connectivity index (χ3n) is 6.27. The first-order valence-electron chi connectivity index (χ1n) is 11.7. The molecule has 1 heterocycles. The first-order valence-corrected chi connectivity index (χ1v) is 11.7. The van der Waals surface area contributed by atoms with E-state index in [0.29, 0.717) is 23.5 Å². The summed E-state index contributed by atoms with van der Waals surface area (Å²) >= 11 is 0. The van der Waals surface area contributed by atoms with Gasteiger partial charge in [-0.05, 0) is 53.1 Å². The normalized spacial score (nSPS) is 14.1. The van der Waals surface area contributed by atoms with Gasteiger partial charge in [0.25, 0.3) is 5.91 Å². The number of anilines is 1. The van der Waals surface area contributed by atoms with Gasteiger partial charge in [-0.3, -0.25) is 4.79 Å². The molecule has 0 aliphatic carbocycles. The molecule has 0 unspecified atom stereocenters. The van der Waals surface area contributed by atoms with Gasteiger partial charge in [-0.2, -0.15) is 13.2 Å². The summed E-state index contributed by atoms with van der Waals surface area (Å²) in [5, 5.41) is 8.79. The third-order valence-corrected chi connectivity index (χ3v) is 6.27. The molecule has 0 spiro atoms. The molecule has 0 radical (unpaired) electrons. The number of carboxylic acids is 1. The van der Waals surface area contributed by atoms with E-state index in [-0.39, 0.29) is 29.4 Å². The van der Waals surface area contributed by atoms with Gasteiger partial charge in [0.1, 0.15) is 5.75 Å². The molecule has 0 aromatic heterocycles. The van der Waals surface area contributed by atoms with Crippen LogP contribution in [0.1, 0.15) is 25.0 Å². The number of carbonyl (C=O) groups is 2. The molecular weight excluding hydrogens is 503 g/mol. The van der Waals surface area contributed by atoms with Crippen LogP contribution in [0.4, 0.5) is 18.9 Å².